The van der Waals surface area contributed by atoms with E-state index in [1.807, 2.05) is 24.3 Å². The summed E-state index contributed by atoms with van der Waals surface area (Å²) in [6.45, 7) is 0.671. The van der Waals surface area contributed by atoms with E-state index < -0.39 is 5.72 Å². The van der Waals surface area contributed by atoms with Gasteiger partial charge in [-0.3, -0.25) is 4.79 Å². The monoisotopic (exact) mass is 287 g/mol. The second-order valence-electron chi connectivity index (χ2n) is 6.40. The molecule has 0 bridgehead atoms. The topological polar surface area (TPSA) is 40.5 Å². The van der Waals surface area contributed by atoms with Crippen molar-refractivity contribution in [2.24, 2.45) is 0 Å². The molecule has 1 aromatic rings. The van der Waals surface area contributed by atoms with Gasteiger partial charge in [0.25, 0.3) is 5.91 Å². The van der Waals surface area contributed by atoms with Crippen LogP contribution in [-0.2, 0) is 5.72 Å². The van der Waals surface area contributed by atoms with Crippen molar-refractivity contribution in [2.45, 2.75) is 63.5 Å². The molecule has 1 fully saturated rings. The van der Waals surface area contributed by atoms with Gasteiger partial charge in [0.2, 0.25) is 0 Å². The van der Waals surface area contributed by atoms with Crippen LogP contribution < -0.4 is 0 Å². The minimum atomic E-state index is -1.08. The predicted octanol–water partition coefficient (Wildman–Crippen LogP) is 3.81. The van der Waals surface area contributed by atoms with Gasteiger partial charge in [-0.2, -0.15) is 0 Å². The first-order valence-electron chi connectivity index (χ1n) is 8.37. The fourth-order valence-electron chi connectivity index (χ4n) is 3.74. The van der Waals surface area contributed by atoms with Crippen molar-refractivity contribution >= 4 is 5.91 Å². The Labute approximate surface area is 127 Å². The van der Waals surface area contributed by atoms with Gasteiger partial charge in [0.05, 0.1) is 0 Å². The Bertz CT molecular complexity index is 514. The Morgan fingerprint density at radius 3 is 2.29 bits per heavy atom. The van der Waals surface area contributed by atoms with Gasteiger partial charge in [-0.15, -0.1) is 0 Å². The molecule has 1 atom stereocenters. The van der Waals surface area contributed by atoms with Crippen molar-refractivity contribution in [1.82, 2.24) is 4.90 Å². The van der Waals surface area contributed by atoms with Crippen LogP contribution in [0, 0.1) is 0 Å². The van der Waals surface area contributed by atoms with E-state index in [4.69, 9.17) is 0 Å². The van der Waals surface area contributed by atoms with E-state index in [0.29, 0.717) is 18.5 Å². The zero-order valence-corrected chi connectivity index (χ0v) is 12.7. The number of nitrogens with zero attached hydrogens (tertiary/aromatic N) is 1. The molecule has 2 aliphatic heterocycles. The molecule has 0 spiro atoms. The van der Waals surface area contributed by atoms with Gasteiger partial charge in [-0.05, 0) is 25.3 Å². The molecule has 1 saturated heterocycles. The first kappa shape index (κ1) is 14.6. The number of rotatable bonds is 0. The maximum Gasteiger partial charge on any atom is 0.256 e. The van der Waals surface area contributed by atoms with Crippen LogP contribution in [-0.4, -0.2) is 22.5 Å². The van der Waals surface area contributed by atoms with Crippen molar-refractivity contribution in [3.8, 4) is 0 Å². The first-order chi connectivity index (χ1) is 10.2. The summed E-state index contributed by atoms with van der Waals surface area (Å²) in [6, 6.07) is 7.57. The molecule has 2 heterocycles. The van der Waals surface area contributed by atoms with Gasteiger partial charge in [0.15, 0.2) is 5.72 Å². The molecule has 0 aromatic heterocycles. The molecule has 3 rings (SSSR count). The Morgan fingerprint density at radius 1 is 0.905 bits per heavy atom. The van der Waals surface area contributed by atoms with Gasteiger partial charge in [0, 0.05) is 17.7 Å². The van der Waals surface area contributed by atoms with Crippen molar-refractivity contribution in [3.63, 3.8) is 0 Å². The number of hydrogen-bond donors (Lipinski definition) is 1. The van der Waals surface area contributed by atoms with Crippen LogP contribution in [0.15, 0.2) is 24.3 Å². The van der Waals surface area contributed by atoms with Crippen LogP contribution in [0.25, 0.3) is 0 Å². The molecule has 21 heavy (non-hydrogen) atoms. The van der Waals surface area contributed by atoms with Crippen LogP contribution in [0.5, 0.6) is 0 Å². The summed E-state index contributed by atoms with van der Waals surface area (Å²) in [5.74, 6) is 0.00478. The quantitative estimate of drug-likeness (QED) is 0.788. The van der Waals surface area contributed by atoms with Gasteiger partial charge in [-0.25, -0.2) is 0 Å². The number of aliphatic hydroxyl groups is 1. The van der Waals surface area contributed by atoms with Crippen molar-refractivity contribution in [2.75, 3.05) is 6.54 Å². The van der Waals surface area contributed by atoms with E-state index in [2.05, 4.69) is 0 Å². The third-order valence-corrected chi connectivity index (χ3v) is 4.94. The molecule has 3 heteroatoms. The Balaban J connectivity index is 1.88. The molecule has 2 aliphatic rings. The summed E-state index contributed by atoms with van der Waals surface area (Å²) in [4.78, 5) is 14.3. The Morgan fingerprint density at radius 2 is 1.52 bits per heavy atom. The SMILES string of the molecule is O=C1c2ccccc2C2(O)CCCCCCCCCCN12. The van der Waals surface area contributed by atoms with Gasteiger partial charge in [0.1, 0.15) is 0 Å². The van der Waals surface area contributed by atoms with Gasteiger partial charge < -0.3 is 10.0 Å². The highest BCUT2D eigenvalue weighted by atomic mass is 16.3. The van der Waals surface area contributed by atoms with Crippen LogP contribution in [0.2, 0.25) is 0 Å². The van der Waals surface area contributed by atoms with Crippen LogP contribution >= 0.6 is 0 Å². The Kier molecular flexibility index (Phi) is 4.29. The first-order valence-corrected chi connectivity index (χ1v) is 8.37. The minimum Gasteiger partial charge on any atom is -0.367 e. The highest BCUT2D eigenvalue weighted by Crippen LogP contribution is 2.41. The molecule has 0 saturated carbocycles. The molecule has 1 unspecified atom stereocenters. The van der Waals surface area contributed by atoms with Crippen LogP contribution in [0.1, 0.15) is 73.7 Å². The van der Waals surface area contributed by atoms with Crippen molar-refractivity contribution in [3.05, 3.63) is 35.4 Å². The van der Waals surface area contributed by atoms with E-state index in [1.165, 1.54) is 25.7 Å². The largest absolute Gasteiger partial charge is 0.367 e. The highest BCUT2D eigenvalue weighted by Gasteiger charge is 2.47. The lowest BCUT2D eigenvalue weighted by atomic mass is 9.94. The molecule has 1 amide bonds. The van der Waals surface area contributed by atoms with Crippen LogP contribution in [0.4, 0.5) is 0 Å². The molecule has 1 N–H and O–H groups in total. The van der Waals surface area contributed by atoms with Crippen molar-refractivity contribution in [1.29, 1.82) is 0 Å². The fourth-order valence-corrected chi connectivity index (χ4v) is 3.74. The fraction of sp³-hybridized carbons (Fsp3) is 0.611. The molecule has 1 aromatic carbocycles. The summed E-state index contributed by atoms with van der Waals surface area (Å²) in [5.41, 5.74) is 0.425. The molecular formula is C18H25NO2. The average Bonchev–Trinajstić information content (AvgIpc) is 2.70. The number of fused-ring (bicyclic) bond motifs is 3. The zero-order valence-electron chi connectivity index (χ0n) is 12.7. The molecule has 114 valence electrons. The summed E-state index contributed by atoms with van der Waals surface area (Å²) < 4.78 is 0. The lowest BCUT2D eigenvalue weighted by Gasteiger charge is -2.35. The third-order valence-electron chi connectivity index (χ3n) is 4.94. The summed E-state index contributed by atoms with van der Waals surface area (Å²) in [7, 11) is 0. The minimum absolute atomic E-state index is 0.00478. The lowest BCUT2D eigenvalue weighted by Crippen LogP contribution is -2.44. The van der Waals surface area contributed by atoms with E-state index in [9.17, 15) is 9.90 Å². The number of carbonyl (C=O) groups excluding carboxylic acids is 1. The number of carbonyl (C=O) groups is 1. The maximum atomic E-state index is 12.6. The summed E-state index contributed by atoms with van der Waals surface area (Å²) in [5, 5.41) is 11.2. The van der Waals surface area contributed by atoms with E-state index in [1.54, 1.807) is 4.90 Å². The van der Waals surface area contributed by atoms with E-state index >= 15 is 0 Å². The molecular weight excluding hydrogens is 262 g/mol. The smallest absolute Gasteiger partial charge is 0.256 e. The van der Waals surface area contributed by atoms with Gasteiger partial charge >= 0.3 is 0 Å². The summed E-state index contributed by atoms with van der Waals surface area (Å²) >= 11 is 0. The molecule has 3 nitrogen and oxygen atoms in total. The summed E-state index contributed by atoms with van der Waals surface area (Å²) in [6.07, 6.45) is 10.0. The zero-order chi connectivity index (χ0) is 14.7. The Hall–Kier alpha value is -1.35. The van der Waals surface area contributed by atoms with Gasteiger partial charge in [-0.1, -0.05) is 56.7 Å². The second kappa shape index (κ2) is 6.18. The number of hydrogen-bond acceptors (Lipinski definition) is 2. The second-order valence-corrected chi connectivity index (χ2v) is 6.40. The number of benzene rings is 1. The normalized spacial score (nSPS) is 27.5. The van der Waals surface area contributed by atoms with E-state index in [0.717, 1.165) is 31.2 Å². The molecule has 0 aliphatic carbocycles. The molecule has 0 radical (unpaired) electrons. The predicted molar refractivity (Wildman–Crippen MR) is 82.9 cm³/mol. The van der Waals surface area contributed by atoms with E-state index in [-0.39, 0.29) is 5.91 Å². The highest BCUT2D eigenvalue weighted by molar-refractivity contribution is 5.99. The maximum absolute atomic E-state index is 12.6. The standard InChI is InChI=1S/C18H25NO2/c20-17-15-11-7-8-12-16(15)18(21)13-9-5-3-1-2-4-6-10-14-19(17)18/h7-8,11-12,21H,1-6,9-10,13-14H2. The number of amides is 1. The van der Waals surface area contributed by atoms with Crippen molar-refractivity contribution < 1.29 is 9.90 Å². The van der Waals surface area contributed by atoms with Crippen LogP contribution in [0.3, 0.4) is 0 Å². The average molecular weight is 287 g/mol. The third kappa shape index (κ3) is 2.71. The lowest BCUT2D eigenvalue weighted by molar-refractivity contribution is -0.0923.